The molecule has 3 rings (SSSR count). The number of aryl methyl sites for hydroxylation is 1. The Morgan fingerprint density at radius 2 is 1.83 bits per heavy atom. The van der Waals surface area contributed by atoms with Gasteiger partial charge < -0.3 is 0 Å². The number of hydrogen-bond donors (Lipinski definition) is 0. The second-order valence-electron chi connectivity index (χ2n) is 5.08. The van der Waals surface area contributed by atoms with Gasteiger partial charge in [-0.1, -0.05) is 39.7 Å². The summed E-state index contributed by atoms with van der Waals surface area (Å²) in [6, 6.07) is 5.55. The summed E-state index contributed by atoms with van der Waals surface area (Å²) < 4.78 is 1.04. The lowest BCUT2D eigenvalue weighted by Gasteiger charge is -2.32. The highest BCUT2D eigenvalue weighted by Crippen LogP contribution is 2.40. The number of carbonyl (C=O) groups excluding carboxylic acids is 2. The van der Waals surface area contributed by atoms with Gasteiger partial charge in [0.15, 0.2) is 11.6 Å². The van der Waals surface area contributed by atoms with Crippen LogP contribution in [-0.4, -0.2) is 11.6 Å². The van der Waals surface area contributed by atoms with Crippen molar-refractivity contribution in [2.45, 2.75) is 19.8 Å². The Bertz CT molecular complexity index is 586. The van der Waals surface area contributed by atoms with Crippen molar-refractivity contribution >= 4 is 27.5 Å². The lowest BCUT2D eigenvalue weighted by molar-refractivity contribution is 0.0728. The quantitative estimate of drug-likeness (QED) is 0.733. The van der Waals surface area contributed by atoms with Crippen molar-refractivity contribution in [1.29, 1.82) is 0 Å². The third-order valence-electron chi connectivity index (χ3n) is 3.87. The van der Waals surface area contributed by atoms with Gasteiger partial charge in [-0.2, -0.15) is 0 Å². The molecule has 18 heavy (non-hydrogen) atoms. The fraction of sp³-hybridized carbons (Fsp3) is 0.333. The van der Waals surface area contributed by atoms with Gasteiger partial charge in [0.2, 0.25) is 0 Å². The molecule has 2 unspecified atom stereocenters. The van der Waals surface area contributed by atoms with Crippen LogP contribution in [0.2, 0.25) is 0 Å². The number of allylic oxidation sites excluding steroid dienone is 2. The first-order chi connectivity index (χ1) is 8.58. The Morgan fingerprint density at radius 1 is 1.11 bits per heavy atom. The van der Waals surface area contributed by atoms with Gasteiger partial charge in [0.25, 0.3) is 0 Å². The Hall–Kier alpha value is -1.22. The third kappa shape index (κ3) is 1.69. The summed E-state index contributed by atoms with van der Waals surface area (Å²) in [5.41, 5.74) is 2.25. The number of hydrogen-bond acceptors (Lipinski definition) is 2. The number of rotatable bonds is 0. The summed E-state index contributed by atoms with van der Waals surface area (Å²) in [4.78, 5) is 24.9. The zero-order valence-electron chi connectivity index (χ0n) is 10.1. The van der Waals surface area contributed by atoms with Crippen molar-refractivity contribution in [2.75, 3.05) is 0 Å². The van der Waals surface area contributed by atoms with Crippen molar-refractivity contribution in [2.24, 2.45) is 11.8 Å². The van der Waals surface area contributed by atoms with Gasteiger partial charge in [-0.15, -0.1) is 0 Å². The van der Waals surface area contributed by atoms with Crippen LogP contribution in [0.4, 0.5) is 0 Å². The summed E-state index contributed by atoms with van der Waals surface area (Å²) in [6.45, 7) is 1.95. The monoisotopic (exact) mass is 304 g/mol. The van der Waals surface area contributed by atoms with Crippen molar-refractivity contribution in [3.63, 3.8) is 0 Å². The maximum atomic E-state index is 12.5. The van der Waals surface area contributed by atoms with Crippen LogP contribution in [0.15, 0.2) is 28.8 Å². The third-order valence-corrected chi connectivity index (χ3v) is 4.52. The summed E-state index contributed by atoms with van der Waals surface area (Å²) >= 11 is 3.45. The predicted molar refractivity (Wildman–Crippen MR) is 73.1 cm³/mol. The molecule has 0 radical (unpaired) electrons. The number of carbonyl (C=O) groups is 2. The average Bonchev–Trinajstić information content (AvgIpc) is 2.36. The molecule has 2 atom stereocenters. The van der Waals surface area contributed by atoms with Gasteiger partial charge in [0.05, 0.1) is 0 Å². The molecule has 2 aliphatic carbocycles. The van der Waals surface area contributed by atoms with Crippen LogP contribution in [0.5, 0.6) is 0 Å². The average molecular weight is 305 g/mol. The molecule has 0 amide bonds. The second-order valence-corrected chi connectivity index (χ2v) is 6.10. The van der Waals surface area contributed by atoms with Gasteiger partial charge in [-0.3, -0.25) is 9.59 Å². The fourth-order valence-corrected chi connectivity index (χ4v) is 3.43. The smallest absolute Gasteiger partial charge is 0.167 e. The molecule has 0 N–H and O–H groups in total. The molecule has 1 aromatic rings. The molecule has 0 bridgehead atoms. The van der Waals surface area contributed by atoms with E-state index >= 15 is 0 Å². The van der Waals surface area contributed by atoms with E-state index in [0.29, 0.717) is 24.0 Å². The molecule has 2 nitrogen and oxygen atoms in total. The van der Waals surface area contributed by atoms with Gasteiger partial charge >= 0.3 is 0 Å². The number of halogens is 1. The Labute approximate surface area is 114 Å². The zero-order chi connectivity index (χ0) is 12.9. The first-order valence-electron chi connectivity index (χ1n) is 6.11. The van der Waals surface area contributed by atoms with E-state index in [0.717, 1.165) is 10.0 Å². The topological polar surface area (TPSA) is 34.1 Å². The zero-order valence-corrected chi connectivity index (χ0v) is 11.7. The fourth-order valence-electron chi connectivity index (χ4n) is 2.90. The molecule has 0 spiro atoms. The summed E-state index contributed by atoms with van der Waals surface area (Å²) in [7, 11) is 0. The highest BCUT2D eigenvalue weighted by Gasteiger charge is 2.42. The second kappa shape index (κ2) is 4.16. The van der Waals surface area contributed by atoms with Crippen LogP contribution in [0, 0.1) is 18.8 Å². The molecule has 0 fully saturated rings. The van der Waals surface area contributed by atoms with Crippen LogP contribution < -0.4 is 0 Å². The maximum absolute atomic E-state index is 12.5. The summed E-state index contributed by atoms with van der Waals surface area (Å²) in [5, 5.41) is 0. The SMILES string of the molecule is Cc1ccc2c(c1)C(=O)C1CC=C(Br)CC1C2=O. The molecular formula is C15H13BrO2. The summed E-state index contributed by atoms with van der Waals surface area (Å²) in [5.74, 6) is -0.0746. The molecule has 0 aromatic heterocycles. The van der Waals surface area contributed by atoms with E-state index in [1.165, 1.54) is 0 Å². The number of benzene rings is 1. The molecule has 0 saturated heterocycles. The van der Waals surface area contributed by atoms with E-state index in [1.807, 2.05) is 25.1 Å². The minimum Gasteiger partial charge on any atom is -0.294 e. The van der Waals surface area contributed by atoms with Crippen LogP contribution in [0.3, 0.4) is 0 Å². The summed E-state index contributed by atoms with van der Waals surface area (Å²) in [6.07, 6.45) is 3.35. The maximum Gasteiger partial charge on any atom is 0.167 e. The Morgan fingerprint density at radius 3 is 2.61 bits per heavy atom. The largest absolute Gasteiger partial charge is 0.294 e. The van der Waals surface area contributed by atoms with E-state index in [9.17, 15) is 9.59 Å². The van der Waals surface area contributed by atoms with Crippen LogP contribution in [0.1, 0.15) is 39.1 Å². The predicted octanol–water partition coefficient (Wildman–Crippen LogP) is 3.68. The molecular weight excluding hydrogens is 292 g/mol. The van der Waals surface area contributed by atoms with Crippen molar-refractivity contribution in [1.82, 2.24) is 0 Å². The standard InChI is InChI=1S/C15H13BrO2/c1-8-2-4-10-12(6-8)14(17)11-5-3-9(16)7-13(11)15(10)18/h2-4,6,11,13H,5,7H2,1H3. The number of Topliss-reactive ketones (excluding diaryl/α,β-unsaturated/α-hetero) is 2. The molecule has 0 aliphatic heterocycles. The molecule has 0 saturated carbocycles. The lowest BCUT2D eigenvalue weighted by Crippen LogP contribution is -2.37. The highest BCUT2D eigenvalue weighted by molar-refractivity contribution is 9.11. The van der Waals surface area contributed by atoms with E-state index in [2.05, 4.69) is 15.9 Å². The molecule has 92 valence electrons. The Balaban J connectivity index is 2.13. The number of fused-ring (bicyclic) bond motifs is 2. The van der Waals surface area contributed by atoms with Crippen LogP contribution in [-0.2, 0) is 0 Å². The Kier molecular flexibility index (Phi) is 2.74. The highest BCUT2D eigenvalue weighted by atomic mass is 79.9. The van der Waals surface area contributed by atoms with E-state index in [4.69, 9.17) is 0 Å². The lowest BCUT2D eigenvalue weighted by atomic mass is 9.69. The van der Waals surface area contributed by atoms with Crippen molar-refractivity contribution in [3.8, 4) is 0 Å². The van der Waals surface area contributed by atoms with Gasteiger partial charge in [-0.25, -0.2) is 0 Å². The van der Waals surface area contributed by atoms with E-state index in [1.54, 1.807) is 6.07 Å². The molecule has 1 aromatic carbocycles. The van der Waals surface area contributed by atoms with Crippen LogP contribution in [0.25, 0.3) is 0 Å². The van der Waals surface area contributed by atoms with E-state index < -0.39 is 0 Å². The van der Waals surface area contributed by atoms with Crippen LogP contribution >= 0.6 is 15.9 Å². The van der Waals surface area contributed by atoms with Gasteiger partial charge in [-0.05, 0) is 30.3 Å². The molecule has 2 aliphatic rings. The molecule has 0 heterocycles. The van der Waals surface area contributed by atoms with Crippen molar-refractivity contribution in [3.05, 3.63) is 45.4 Å². The normalized spacial score (nSPS) is 26.4. The molecule has 3 heteroatoms. The minimum absolute atomic E-state index is 0.125. The first kappa shape index (κ1) is 11.8. The first-order valence-corrected chi connectivity index (χ1v) is 6.91. The van der Waals surface area contributed by atoms with Gasteiger partial charge in [0.1, 0.15) is 0 Å². The van der Waals surface area contributed by atoms with Gasteiger partial charge in [0, 0.05) is 23.0 Å². The van der Waals surface area contributed by atoms with E-state index in [-0.39, 0.29) is 23.4 Å². The van der Waals surface area contributed by atoms with Crippen molar-refractivity contribution < 1.29 is 9.59 Å². The minimum atomic E-state index is -0.174. The number of ketones is 2.